The lowest BCUT2D eigenvalue weighted by Crippen LogP contribution is -1.92. The van der Waals surface area contributed by atoms with Gasteiger partial charge in [-0.2, -0.15) is 0 Å². The van der Waals surface area contributed by atoms with Crippen molar-refractivity contribution in [3.8, 4) is 11.5 Å². The van der Waals surface area contributed by atoms with Gasteiger partial charge in [-0.25, -0.2) is 4.39 Å². The predicted octanol–water partition coefficient (Wildman–Crippen LogP) is 4.50. The average Bonchev–Trinajstić information content (AvgIpc) is 2.34. The first-order valence-electron chi connectivity index (χ1n) is 5.29. The summed E-state index contributed by atoms with van der Waals surface area (Å²) < 4.78 is 19.5. The van der Waals surface area contributed by atoms with Crippen molar-refractivity contribution in [3.05, 3.63) is 57.8 Å². The molecule has 0 atom stereocenters. The van der Waals surface area contributed by atoms with Crippen LogP contribution >= 0.6 is 15.9 Å². The predicted molar refractivity (Wildman–Crippen MR) is 70.7 cm³/mol. The fourth-order valence-corrected chi connectivity index (χ4v) is 1.84. The van der Waals surface area contributed by atoms with Crippen molar-refractivity contribution in [2.75, 3.05) is 0 Å². The van der Waals surface area contributed by atoms with Gasteiger partial charge in [-0.05, 0) is 48.9 Å². The second-order valence-electron chi connectivity index (χ2n) is 3.81. The molecular formula is C14H10BrFO2. The largest absolute Gasteiger partial charge is 0.457 e. The molecular weight excluding hydrogens is 299 g/mol. The summed E-state index contributed by atoms with van der Waals surface area (Å²) in [6, 6.07) is 9.56. The molecule has 0 amide bonds. The maximum absolute atomic E-state index is 13.1. The number of rotatable bonds is 3. The summed E-state index contributed by atoms with van der Waals surface area (Å²) in [4.78, 5) is 10.9. The van der Waals surface area contributed by atoms with Crippen LogP contribution in [0.4, 0.5) is 4.39 Å². The van der Waals surface area contributed by atoms with Crippen LogP contribution in [0.1, 0.15) is 15.9 Å². The Morgan fingerprint density at radius 3 is 2.67 bits per heavy atom. The number of aldehydes is 1. The van der Waals surface area contributed by atoms with Crippen molar-refractivity contribution in [3.63, 3.8) is 0 Å². The van der Waals surface area contributed by atoms with Crippen LogP contribution in [-0.2, 0) is 0 Å². The summed E-state index contributed by atoms with van der Waals surface area (Å²) in [5.41, 5.74) is 0.940. The molecule has 2 aromatic rings. The summed E-state index contributed by atoms with van der Waals surface area (Å²) >= 11 is 3.31. The second-order valence-corrected chi connectivity index (χ2v) is 4.73. The Labute approximate surface area is 113 Å². The molecule has 2 nitrogen and oxygen atoms in total. The highest BCUT2D eigenvalue weighted by Crippen LogP contribution is 2.28. The van der Waals surface area contributed by atoms with Crippen LogP contribution in [0.25, 0.3) is 0 Å². The standard InChI is InChI=1S/C14H10BrFO2/c1-9-6-12(4-5-13(9)16)18-14-7-11(15)3-2-10(14)8-17/h2-8H,1H3. The maximum atomic E-state index is 13.1. The van der Waals surface area contributed by atoms with Crippen LogP contribution in [0.5, 0.6) is 11.5 Å². The van der Waals surface area contributed by atoms with E-state index in [2.05, 4.69) is 15.9 Å². The summed E-state index contributed by atoms with van der Waals surface area (Å²) in [5, 5.41) is 0. The lowest BCUT2D eigenvalue weighted by atomic mass is 10.2. The highest BCUT2D eigenvalue weighted by Gasteiger charge is 2.06. The van der Waals surface area contributed by atoms with Gasteiger partial charge >= 0.3 is 0 Å². The van der Waals surface area contributed by atoms with E-state index < -0.39 is 0 Å². The molecule has 0 N–H and O–H groups in total. The van der Waals surface area contributed by atoms with Crippen LogP contribution in [0, 0.1) is 12.7 Å². The highest BCUT2D eigenvalue weighted by atomic mass is 79.9. The Kier molecular flexibility index (Phi) is 3.77. The van der Waals surface area contributed by atoms with E-state index in [0.29, 0.717) is 22.6 Å². The van der Waals surface area contributed by atoms with E-state index in [-0.39, 0.29) is 5.82 Å². The van der Waals surface area contributed by atoms with Gasteiger partial charge in [0.2, 0.25) is 0 Å². The molecule has 0 aliphatic carbocycles. The lowest BCUT2D eigenvalue weighted by molar-refractivity contribution is 0.112. The topological polar surface area (TPSA) is 26.3 Å². The fraction of sp³-hybridized carbons (Fsp3) is 0.0714. The Balaban J connectivity index is 2.35. The monoisotopic (exact) mass is 308 g/mol. The van der Waals surface area contributed by atoms with Gasteiger partial charge in [0.05, 0.1) is 5.56 Å². The smallest absolute Gasteiger partial charge is 0.153 e. The SMILES string of the molecule is Cc1cc(Oc2cc(Br)ccc2C=O)ccc1F. The zero-order valence-corrected chi connectivity index (χ0v) is 11.2. The Morgan fingerprint density at radius 1 is 1.22 bits per heavy atom. The quantitative estimate of drug-likeness (QED) is 0.780. The summed E-state index contributed by atoms with van der Waals surface area (Å²) in [7, 11) is 0. The van der Waals surface area contributed by atoms with Gasteiger partial charge in [0.25, 0.3) is 0 Å². The van der Waals surface area contributed by atoms with Crippen LogP contribution in [0.15, 0.2) is 40.9 Å². The van der Waals surface area contributed by atoms with Gasteiger partial charge in [-0.15, -0.1) is 0 Å². The van der Waals surface area contributed by atoms with E-state index in [1.54, 1.807) is 31.2 Å². The average molecular weight is 309 g/mol. The third-order valence-corrected chi connectivity index (χ3v) is 2.95. The molecule has 0 spiro atoms. The van der Waals surface area contributed by atoms with Crippen molar-refractivity contribution < 1.29 is 13.9 Å². The number of carbonyl (C=O) groups is 1. The highest BCUT2D eigenvalue weighted by molar-refractivity contribution is 9.10. The summed E-state index contributed by atoms with van der Waals surface area (Å²) in [5.74, 6) is 0.646. The number of hydrogen-bond acceptors (Lipinski definition) is 2. The van der Waals surface area contributed by atoms with E-state index >= 15 is 0 Å². The second kappa shape index (κ2) is 5.31. The molecule has 92 valence electrons. The molecule has 0 fully saturated rings. The van der Waals surface area contributed by atoms with Gasteiger partial charge in [0.1, 0.15) is 17.3 Å². The van der Waals surface area contributed by atoms with Crippen LogP contribution in [0.2, 0.25) is 0 Å². The van der Waals surface area contributed by atoms with Gasteiger partial charge < -0.3 is 4.74 Å². The van der Waals surface area contributed by atoms with Gasteiger partial charge in [0, 0.05) is 4.47 Å². The molecule has 0 aliphatic heterocycles. The zero-order chi connectivity index (χ0) is 13.1. The Bertz CT molecular complexity index is 596. The van der Waals surface area contributed by atoms with E-state index in [1.807, 2.05) is 0 Å². The minimum Gasteiger partial charge on any atom is -0.457 e. The minimum absolute atomic E-state index is 0.285. The molecule has 4 heteroatoms. The molecule has 18 heavy (non-hydrogen) atoms. The van der Waals surface area contributed by atoms with E-state index in [1.165, 1.54) is 12.1 Å². The molecule has 2 rings (SSSR count). The first-order chi connectivity index (χ1) is 8.60. The van der Waals surface area contributed by atoms with E-state index in [0.717, 1.165) is 10.8 Å². The number of halogens is 2. The summed E-state index contributed by atoms with van der Waals surface area (Å²) in [6.45, 7) is 1.66. The number of benzene rings is 2. The van der Waals surface area contributed by atoms with Gasteiger partial charge in [-0.1, -0.05) is 15.9 Å². The fourth-order valence-electron chi connectivity index (χ4n) is 1.50. The van der Waals surface area contributed by atoms with Crippen molar-refractivity contribution in [1.82, 2.24) is 0 Å². The van der Waals surface area contributed by atoms with Gasteiger partial charge in [-0.3, -0.25) is 4.79 Å². The number of ether oxygens (including phenoxy) is 1. The number of aryl methyl sites for hydroxylation is 1. The third-order valence-electron chi connectivity index (χ3n) is 2.46. The molecule has 0 aliphatic rings. The third kappa shape index (κ3) is 2.76. The molecule has 0 radical (unpaired) electrons. The van der Waals surface area contributed by atoms with Crippen molar-refractivity contribution in [2.45, 2.75) is 6.92 Å². The molecule has 0 heterocycles. The van der Waals surface area contributed by atoms with Crippen LogP contribution < -0.4 is 4.74 Å². The normalized spacial score (nSPS) is 10.2. The first-order valence-corrected chi connectivity index (χ1v) is 6.08. The molecule has 0 unspecified atom stereocenters. The molecule has 0 saturated heterocycles. The van der Waals surface area contributed by atoms with Crippen LogP contribution in [0.3, 0.4) is 0 Å². The Morgan fingerprint density at radius 2 is 2.00 bits per heavy atom. The van der Waals surface area contributed by atoms with Crippen molar-refractivity contribution in [2.24, 2.45) is 0 Å². The first kappa shape index (κ1) is 12.8. The zero-order valence-electron chi connectivity index (χ0n) is 9.61. The molecule has 0 saturated carbocycles. The summed E-state index contributed by atoms with van der Waals surface area (Å²) in [6.07, 6.45) is 0.720. The van der Waals surface area contributed by atoms with Crippen molar-refractivity contribution >= 4 is 22.2 Å². The molecule has 0 aromatic heterocycles. The number of carbonyl (C=O) groups excluding carboxylic acids is 1. The van der Waals surface area contributed by atoms with Crippen LogP contribution in [-0.4, -0.2) is 6.29 Å². The molecule has 0 bridgehead atoms. The number of hydrogen-bond donors (Lipinski definition) is 0. The van der Waals surface area contributed by atoms with Gasteiger partial charge in [0.15, 0.2) is 6.29 Å². The molecule has 2 aromatic carbocycles. The maximum Gasteiger partial charge on any atom is 0.153 e. The Hall–Kier alpha value is -1.68. The van der Waals surface area contributed by atoms with Crippen molar-refractivity contribution in [1.29, 1.82) is 0 Å². The lowest BCUT2D eigenvalue weighted by Gasteiger charge is -2.09. The van der Waals surface area contributed by atoms with E-state index in [4.69, 9.17) is 4.74 Å². The van der Waals surface area contributed by atoms with E-state index in [9.17, 15) is 9.18 Å². The minimum atomic E-state index is -0.285.